The third kappa shape index (κ3) is 2.97. The first kappa shape index (κ1) is 12.0. The first-order valence-electron chi connectivity index (χ1n) is 4.70. The Labute approximate surface area is 93.4 Å². The van der Waals surface area contributed by atoms with E-state index in [4.69, 9.17) is 10.5 Å². The Hall–Kier alpha value is -2.06. The molecule has 0 atom stereocenters. The van der Waals surface area contributed by atoms with Crippen molar-refractivity contribution >= 4 is 5.69 Å². The fraction of sp³-hybridized carbons (Fsp3) is 0.273. The van der Waals surface area contributed by atoms with Crippen molar-refractivity contribution in [2.75, 3.05) is 13.7 Å². The molecule has 0 amide bonds. The summed E-state index contributed by atoms with van der Waals surface area (Å²) < 4.78 is 4.98. The third-order valence-electron chi connectivity index (χ3n) is 1.89. The maximum atomic E-state index is 10.7. The highest BCUT2D eigenvalue weighted by atomic mass is 16.6. The van der Waals surface area contributed by atoms with Crippen LogP contribution in [0.25, 0.3) is 0 Å². The summed E-state index contributed by atoms with van der Waals surface area (Å²) in [6.45, 7) is 0.435. The molecule has 5 nitrogen and oxygen atoms in total. The van der Waals surface area contributed by atoms with E-state index in [1.807, 2.05) is 0 Å². The number of nitrogens with zero attached hydrogens (tertiary/aromatic N) is 1. The highest BCUT2D eigenvalue weighted by molar-refractivity contribution is 5.54. The van der Waals surface area contributed by atoms with Gasteiger partial charge in [-0.05, 0) is 6.07 Å². The molecule has 0 aliphatic heterocycles. The standard InChI is InChI=1S/C11H12N2O3/c1-16-10-5-6-11(13(14)15)9(8-10)4-2-3-7-12/h5-6,8H,3,7,12H2,1H3. The summed E-state index contributed by atoms with van der Waals surface area (Å²) in [5.41, 5.74) is 5.61. The smallest absolute Gasteiger partial charge is 0.285 e. The molecule has 0 aliphatic rings. The van der Waals surface area contributed by atoms with Crippen LogP contribution >= 0.6 is 0 Å². The lowest BCUT2D eigenvalue weighted by Gasteiger charge is -2.00. The highest BCUT2D eigenvalue weighted by Crippen LogP contribution is 2.22. The molecule has 1 aromatic rings. The van der Waals surface area contributed by atoms with Crippen molar-refractivity contribution in [1.82, 2.24) is 0 Å². The predicted octanol–water partition coefficient (Wildman–Crippen LogP) is 1.30. The fourth-order valence-corrected chi connectivity index (χ4v) is 1.13. The second-order valence-corrected chi connectivity index (χ2v) is 2.98. The zero-order chi connectivity index (χ0) is 12.0. The lowest BCUT2D eigenvalue weighted by atomic mass is 10.1. The minimum Gasteiger partial charge on any atom is -0.497 e. The van der Waals surface area contributed by atoms with Crippen LogP contribution in [0.3, 0.4) is 0 Å². The molecule has 1 rings (SSSR count). The molecule has 5 heteroatoms. The molecule has 0 radical (unpaired) electrons. The number of hydrogen-bond acceptors (Lipinski definition) is 4. The first-order valence-corrected chi connectivity index (χ1v) is 4.70. The van der Waals surface area contributed by atoms with Gasteiger partial charge in [0.15, 0.2) is 0 Å². The van der Waals surface area contributed by atoms with Gasteiger partial charge in [0, 0.05) is 25.1 Å². The largest absolute Gasteiger partial charge is 0.497 e. The van der Waals surface area contributed by atoms with Crippen molar-refractivity contribution < 1.29 is 9.66 Å². The first-order chi connectivity index (χ1) is 7.69. The van der Waals surface area contributed by atoms with Crippen LogP contribution in [-0.2, 0) is 0 Å². The molecule has 0 saturated heterocycles. The van der Waals surface area contributed by atoms with Crippen molar-refractivity contribution in [3.63, 3.8) is 0 Å². The van der Waals surface area contributed by atoms with Gasteiger partial charge in [0.25, 0.3) is 5.69 Å². The zero-order valence-electron chi connectivity index (χ0n) is 8.90. The van der Waals surface area contributed by atoms with Gasteiger partial charge in [-0.3, -0.25) is 10.1 Å². The molecule has 84 valence electrons. The Morgan fingerprint density at radius 3 is 2.88 bits per heavy atom. The lowest BCUT2D eigenvalue weighted by molar-refractivity contribution is -0.385. The van der Waals surface area contributed by atoms with E-state index in [2.05, 4.69) is 11.8 Å². The lowest BCUT2D eigenvalue weighted by Crippen LogP contribution is -1.96. The SMILES string of the molecule is COc1ccc([N+](=O)[O-])c(C#CCCN)c1. The molecule has 0 saturated carbocycles. The minimum atomic E-state index is -0.466. The van der Waals surface area contributed by atoms with Crippen LogP contribution in [0.5, 0.6) is 5.75 Å². The monoisotopic (exact) mass is 220 g/mol. The molecule has 0 fully saturated rings. The summed E-state index contributed by atoms with van der Waals surface area (Å²) in [6.07, 6.45) is 0.508. The number of benzene rings is 1. The Kier molecular flexibility index (Phi) is 4.30. The van der Waals surface area contributed by atoms with E-state index < -0.39 is 4.92 Å². The molecule has 2 N–H and O–H groups in total. The van der Waals surface area contributed by atoms with Crippen LogP contribution in [0.4, 0.5) is 5.69 Å². The van der Waals surface area contributed by atoms with Gasteiger partial charge in [-0.1, -0.05) is 11.8 Å². The van der Waals surface area contributed by atoms with E-state index in [1.165, 1.54) is 19.2 Å². The molecule has 0 bridgehead atoms. The number of rotatable bonds is 3. The fourth-order valence-electron chi connectivity index (χ4n) is 1.13. The van der Waals surface area contributed by atoms with Crippen molar-refractivity contribution in [3.05, 3.63) is 33.9 Å². The molecule has 0 unspecified atom stereocenters. The summed E-state index contributed by atoms with van der Waals surface area (Å²) in [5, 5.41) is 10.7. The van der Waals surface area contributed by atoms with E-state index in [0.717, 1.165) is 0 Å². The van der Waals surface area contributed by atoms with Crippen molar-refractivity contribution in [2.24, 2.45) is 5.73 Å². The molecule has 0 spiro atoms. The van der Waals surface area contributed by atoms with E-state index in [1.54, 1.807) is 6.07 Å². The molecule has 0 aliphatic carbocycles. The number of nitro benzene ring substituents is 1. The van der Waals surface area contributed by atoms with Crippen LogP contribution in [0, 0.1) is 22.0 Å². The summed E-state index contributed by atoms with van der Waals surface area (Å²) in [7, 11) is 1.50. The average Bonchev–Trinajstić information content (AvgIpc) is 2.29. The number of ether oxygens (including phenoxy) is 1. The van der Waals surface area contributed by atoms with E-state index in [-0.39, 0.29) is 5.69 Å². The molecule has 0 aromatic heterocycles. The van der Waals surface area contributed by atoms with Crippen LogP contribution in [-0.4, -0.2) is 18.6 Å². The maximum Gasteiger partial charge on any atom is 0.285 e. The van der Waals surface area contributed by atoms with Crippen LogP contribution in [0.2, 0.25) is 0 Å². The van der Waals surface area contributed by atoms with E-state index in [9.17, 15) is 10.1 Å². The topological polar surface area (TPSA) is 78.4 Å². The Morgan fingerprint density at radius 2 is 2.31 bits per heavy atom. The molecule has 1 aromatic carbocycles. The van der Waals surface area contributed by atoms with Gasteiger partial charge in [0.05, 0.1) is 12.0 Å². The number of methoxy groups -OCH3 is 1. The van der Waals surface area contributed by atoms with E-state index in [0.29, 0.717) is 24.3 Å². The predicted molar refractivity (Wildman–Crippen MR) is 60.2 cm³/mol. The summed E-state index contributed by atoms with van der Waals surface area (Å²) in [6, 6.07) is 4.46. The zero-order valence-corrected chi connectivity index (χ0v) is 8.90. The Morgan fingerprint density at radius 1 is 1.56 bits per heavy atom. The number of hydrogen-bond donors (Lipinski definition) is 1. The number of nitro groups is 1. The van der Waals surface area contributed by atoms with E-state index >= 15 is 0 Å². The molecular weight excluding hydrogens is 208 g/mol. The van der Waals surface area contributed by atoms with Gasteiger partial charge in [-0.25, -0.2) is 0 Å². The van der Waals surface area contributed by atoms with Gasteiger partial charge in [-0.15, -0.1) is 0 Å². The van der Waals surface area contributed by atoms with Crippen molar-refractivity contribution in [2.45, 2.75) is 6.42 Å². The Balaban J connectivity index is 3.11. The Bertz CT molecular complexity index is 446. The summed E-state index contributed by atoms with van der Waals surface area (Å²) in [5.74, 6) is 6.03. The van der Waals surface area contributed by atoms with Gasteiger partial charge < -0.3 is 10.5 Å². The second kappa shape index (κ2) is 5.73. The van der Waals surface area contributed by atoms with Crippen LogP contribution < -0.4 is 10.5 Å². The van der Waals surface area contributed by atoms with Crippen LogP contribution in [0.15, 0.2) is 18.2 Å². The normalized spacial score (nSPS) is 9.12. The quantitative estimate of drug-likeness (QED) is 0.473. The van der Waals surface area contributed by atoms with Crippen molar-refractivity contribution in [1.29, 1.82) is 0 Å². The number of nitrogens with two attached hydrogens (primary N) is 1. The molecule has 0 heterocycles. The third-order valence-corrected chi connectivity index (χ3v) is 1.89. The maximum absolute atomic E-state index is 10.7. The van der Waals surface area contributed by atoms with Gasteiger partial charge in [0.1, 0.15) is 11.3 Å². The minimum absolute atomic E-state index is 0.0229. The second-order valence-electron chi connectivity index (χ2n) is 2.98. The van der Waals surface area contributed by atoms with Crippen LogP contribution in [0.1, 0.15) is 12.0 Å². The summed E-state index contributed by atoms with van der Waals surface area (Å²) in [4.78, 5) is 10.3. The van der Waals surface area contributed by atoms with Gasteiger partial charge >= 0.3 is 0 Å². The molecular formula is C11H12N2O3. The van der Waals surface area contributed by atoms with Crippen molar-refractivity contribution in [3.8, 4) is 17.6 Å². The molecule has 16 heavy (non-hydrogen) atoms. The average molecular weight is 220 g/mol. The van der Waals surface area contributed by atoms with Gasteiger partial charge in [0.2, 0.25) is 0 Å². The summed E-state index contributed by atoms with van der Waals surface area (Å²) >= 11 is 0. The highest BCUT2D eigenvalue weighted by Gasteiger charge is 2.12. The van der Waals surface area contributed by atoms with Gasteiger partial charge in [-0.2, -0.15) is 0 Å².